The molecular formula is C15H19N3O. The van der Waals surface area contributed by atoms with Crippen LogP contribution in [0.5, 0.6) is 0 Å². The average Bonchev–Trinajstić information content (AvgIpc) is 2.90. The zero-order valence-corrected chi connectivity index (χ0v) is 11.7. The summed E-state index contributed by atoms with van der Waals surface area (Å²) in [5, 5.41) is 8.20. The molecule has 100 valence electrons. The number of carbonyl (C=O) groups is 1. The van der Waals surface area contributed by atoms with Gasteiger partial charge in [-0.25, -0.2) is 4.68 Å². The van der Waals surface area contributed by atoms with Gasteiger partial charge in [0.15, 0.2) is 11.5 Å². The summed E-state index contributed by atoms with van der Waals surface area (Å²) in [5.41, 5.74) is 3.62. The monoisotopic (exact) mass is 257 g/mol. The minimum Gasteiger partial charge on any atom is -0.292 e. The van der Waals surface area contributed by atoms with Crippen LogP contribution in [0.25, 0.3) is 5.69 Å². The Labute approximate surface area is 113 Å². The molecule has 0 bridgehead atoms. The predicted molar refractivity (Wildman–Crippen MR) is 74.7 cm³/mol. The van der Waals surface area contributed by atoms with Crippen LogP contribution in [0.15, 0.2) is 24.3 Å². The van der Waals surface area contributed by atoms with Crippen LogP contribution in [0, 0.1) is 0 Å². The summed E-state index contributed by atoms with van der Waals surface area (Å²) in [6.45, 7) is 5.98. The number of benzene rings is 1. The summed E-state index contributed by atoms with van der Waals surface area (Å²) >= 11 is 0. The Morgan fingerprint density at radius 3 is 2.63 bits per heavy atom. The highest BCUT2D eigenvalue weighted by atomic mass is 16.1. The molecule has 0 saturated heterocycles. The number of nitrogens with zero attached hydrogens (tertiary/aromatic N) is 3. The van der Waals surface area contributed by atoms with E-state index in [0.29, 0.717) is 12.1 Å². The number of rotatable bonds is 5. The topological polar surface area (TPSA) is 47.8 Å². The molecule has 0 spiro atoms. The van der Waals surface area contributed by atoms with Gasteiger partial charge in [0, 0.05) is 6.42 Å². The van der Waals surface area contributed by atoms with Gasteiger partial charge in [0.1, 0.15) is 0 Å². The fourth-order valence-corrected chi connectivity index (χ4v) is 2.12. The van der Waals surface area contributed by atoms with Crippen molar-refractivity contribution in [1.82, 2.24) is 15.0 Å². The van der Waals surface area contributed by atoms with E-state index in [-0.39, 0.29) is 5.78 Å². The largest absolute Gasteiger partial charge is 0.292 e. The number of ketones is 1. The van der Waals surface area contributed by atoms with Crippen molar-refractivity contribution < 1.29 is 4.79 Å². The van der Waals surface area contributed by atoms with Crippen molar-refractivity contribution in [2.75, 3.05) is 0 Å². The second kappa shape index (κ2) is 5.78. The average molecular weight is 257 g/mol. The molecule has 4 nitrogen and oxygen atoms in total. The van der Waals surface area contributed by atoms with Crippen LogP contribution in [-0.2, 0) is 12.8 Å². The Kier molecular flexibility index (Phi) is 4.10. The number of aryl methyl sites for hydroxylation is 1. The van der Waals surface area contributed by atoms with Gasteiger partial charge in [0.05, 0.1) is 11.4 Å². The molecule has 1 heterocycles. The highest BCUT2D eigenvalue weighted by Gasteiger charge is 2.17. The van der Waals surface area contributed by atoms with Crippen LogP contribution in [-0.4, -0.2) is 20.8 Å². The maximum absolute atomic E-state index is 11.8. The minimum absolute atomic E-state index is 0.0507. The lowest BCUT2D eigenvalue weighted by Gasteiger charge is -2.07. The highest BCUT2D eigenvalue weighted by molar-refractivity contribution is 5.95. The third-order valence-corrected chi connectivity index (χ3v) is 3.25. The third kappa shape index (κ3) is 2.57. The molecule has 0 radical (unpaired) electrons. The maximum atomic E-state index is 11.8. The Morgan fingerprint density at radius 2 is 2.00 bits per heavy atom. The predicted octanol–water partition coefficient (Wildman–Crippen LogP) is 2.98. The Hall–Kier alpha value is -1.97. The molecule has 0 unspecified atom stereocenters. The lowest BCUT2D eigenvalue weighted by molar-refractivity contribution is 0.0982. The molecule has 0 aliphatic heterocycles. The van der Waals surface area contributed by atoms with E-state index in [0.717, 1.165) is 24.2 Å². The molecular weight excluding hydrogens is 238 g/mol. The summed E-state index contributed by atoms with van der Waals surface area (Å²) in [6, 6.07) is 8.18. The Balaban J connectivity index is 2.50. The lowest BCUT2D eigenvalue weighted by atomic mass is 10.1. The van der Waals surface area contributed by atoms with Gasteiger partial charge in [-0.1, -0.05) is 38.1 Å². The molecule has 0 aliphatic carbocycles. The van der Waals surface area contributed by atoms with Gasteiger partial charge in [-0.15, -0.1) is 5.10 Å². The van der Waals surface area contributed by atoms with E-state index in [4.69, 9.17) is 0 Å². The second-order valence-corrected chi connectivity index (χ2v) is 4.45. The Bertz CT molecular complexity index is 587. The van der Waals surface area contributed by atoms with Crippen LogP contribution in [0.4, 0.5) is 0 Å². The van der Waals surface area contributed by atoms with Crippen molar-refractivity contribution in [3.8, 4) is 5.69 Å². The molecule has 4 heteroatoms. The SMILES string of the molecule is CCC(=O)c1nnn(-c2cccc(CC)c2)c1CC. The van der Waals surface area contributed by atoms with Crippen LogP contribution in [0.2, 0.25) is 0 Å². The van der Waals surface area contributed by atoms with Crippen molar-refractivity contribution in [3.63, 3.8) is 0 Å². The first kappa shape index (κ1) is 13.5. The summed E-state index contributed by atoms with van der Waals surface area (Å²) in [7, 11) is 0. The van der Waals surface area contributed by atoms with Crippen molar-refractivity contribution in [3.05, 3.63) is 41.2 Å². The quantitative estimate of drug-likeness (QED) is 0.774. The first-order valence-corrected chi connectivity index (χ1v) is 6.78. The fraction of sp³-hybridized carbons (Fsp3) is 0.400. The van der Waals surface area contributed by atoms with E-state index in [2.05, 4.69) is 29.4 Å². The summed E-state index contributed by atoms with van der Waals surface area (Å²) in [5.74, 6) is 0.0507. The van der Waals surface area contributed by atoms with Crippen molar-refractivity contribution in [2.24, 2.45) is 0 Å². The zero-order chi connectivity index (χ0) is 13.8. The standard InChI is InChI=1S/C15H19N3O/c1-4-11-8-7-9-12(10-11)18-13(5-2)15(16-17-18)14(19)6-3/h7-10H,4-6H2,1-3H3. The number of hydrogen-bond donors (Lipinski definition) is 0. The van der Waals surface area contributed by atoms with Gasteiger partial charge in [0.2, 0.25) is 0 Å². The molecule has 0 fully saturated rings. The molecule has 0 amide bonds. The van der Waals surface area contributed by atoms with Crippen molar-refractivity contribution in [2.45, 2.75) is 40.0 Å². The normalized spacial score (nSPS) is 10.7. The number of Topliss-reactive ketones (excluding diaryl/α,β-unsaturated/α-hetero) is 1. The molecule has 0 atom stereocenters. The fourth-order valence-electron chi connectivity index (χ4n) is 2.12. The molecule has 2 aromatic rings. The van der Waals surface area contributed by atoms with Crippen LogP contribution < -0.4 is 0 Å². The first-order chi connectivity index (χ1) is 9.21. The van der Waals surface area contributed by atoms with E-state index < -0.39 is 0 Å². The molecule has 0 saturated carbocycles. The molecule has 2 rings (SSSR count). The number of aromatic nitrogens is 3. The van der Waals surface area contributed by atoms with Gasteiger partial charge < -0.3 is 0 Å². The first-order valence-electron chi connectivity index (χ1n) is 6.78. The maximum Gasteiger partial charge on any atom is 0.184 e. The zero-order valence-electron chi connectivity index (χ0n) is 11.7. The van der Waals surface area contributed by atoms with Crippen LogP contribution in [0.3, 0.4) is 0 Å². The van der Waals surface area contributed by atoms with E-state index in [1.165, 1.54) is 5.56 Å². The van der Waals surface area contributed by atoms with Crippen molar-refractivity contribution in [1.29, 1.82) is 0 Å². The molecule has 1 aromatic carbocycles. The van der Waals surface area contributed by atoms with Gasteiger partial charge in [-0.3, -0.25) is 4.79 Å². The molecule has 0 aliphatic rings. The highest BCUT2D eigenvalue weighted by Crippen LogP contribution is 2.16. The van der Waals surface area contributed by atoms with E-state index in [9.17, 15) is 4.79 Å². The van der Waals surface area contributed by atoms with Gasteiger partial charge in [-0.05, 0) is 30.5 Å². The molecule has 1 aromatic heterocycles. The third-order valence-electron chi connectivity index (χ3n) is 3.25. The van der Waals surface area contributed by atoms with E-state index in [1.54, 1.807) is 4.68 Å². The minimum atomic E-state index is 0.0507. The van der Waals surface area contributed by atoms with E-state index >= 15 is 0 Å². The lowest BCUT2D eigenvalue weighted by Crippen LogP contribution is -2.06. The van der Waals surface area contributed by atoms with Gasteiger partial charge in [0.25, 0.3) is 0 Å². The van der Waals surface area contributed by atoms with Crippen molar-refractivity contribution >= 4 is 5.78 Å². The van der Waals surface area contributed by atoms with E-state index in [1.807, 2.05) is 26.0 Å². The van der Waals surface area contributed by atoms with Crippen LogP contribution in [0.1, 0.15) is 48.9 Å². The number of hydrogen-bond acceptors (Lipinski definition) is 3. The number of carbonyl (C=O) groups excluding carboxylic acids is 1. The van der Waals surface area contributed by atoms with Gasteiger partial charge in [-0.2, -0.15) is 0 Å². The molecule has 19 heavy (non-hydrogen) atoms. The smallest absolute Gasteiger partial charge is 0.184 e. The summed E-state index contributed by atoms with van der Waals surface area (Å²) < 4.78 is 1.78. The summed E-state index contributed by atoms with van der Waals surface area (Å²) in [4.78, 5) is 11.8. The molecule has 0 N–H and O–H groups in total. The Morgan fingerprint density at radius 1 is 1.21 bits per heavy atom. The van der Waals surface area contributed by atoms with Gasteiger partial charge >= 0.3 is 0 Å². The van der Waals surface area contributed by atoms with Crippen LogP contribution >= 0.6 is 0 Å². The second-order valence-electron chi connectivity index (χ2n) is 4.45. The summed E-state index contributed by atoms with van der Waals surface area (Å²) in [6.07, 6.45) is 2.18.